The van der Waals surface area contributed by atoms with Gasteiger partial charge in [0, 0.05) is 12.4 Å². The Morgan fingerprint density at radius 2 is 1.87 bits per heavy atom. The number of benzene rings is 2. The minimum absolute atomic E-state index is 0.0805. The van der Waals surface area contributed by atoms with Gasteiger partial charge in [0.15, 0.2) is 5.13 Å². The molecular weight excluding hydrogens is 404 g/mol. The number of thiazole rings is 1. The Kier molecular flexibility index (Phi) is 5.62. The lowest BCUT2D eigenvalue weighted by Crippen LogP contribution is -2.20. The zero-order chi connectivity index (χ0) is 22.0. The number of carbonyl (C=O) groups is 1. The minimum Gasteiger partial charge on any atom is -0.346 e. The average molecular weight is 429 g/mol. The maximum absolute atomic E-state index is 12.9. The number of nitriles is 1. The van der Waals surface area contributed by atoms with Crippen LogP contribution in [0.3, 0.4) is 0 Å². The third kappa shape index (κ3) is 4.68. The van der Waals surface area contributed by atoms with E-state index in [1.807, 2.05) is 24.5 Å². The molecule has 2 heterocycles. The Labute approximate surface area is 186 Å². The first-order valence-corrected chi connectivity index (χ1v) is 11.0. The number of nitrogens with one attached hydrogen (secondary N) is 1. The number of fused-ring (bicyclic) bond motifs is 1. The van der Waals surface area contributed by atoms with E-state index >= 15 is 0 Å². The Hall–Kier alpha value is -3.43. The third-order valence-electron chi connectivity index (χ3n) is 5.29. The van der Waals surface area contributed by atoms with Gasteiger partial charge >= 0.3 is 0 Å². The molecule has 0 aliphatic rings. The molecule has 0 radical (unpaired) electrons. The first kappa shape index (κ1) is 20.8. The normalized spacial score (nSPS) is 12.5. The molecule has 0 saturated heterocycles. The first-order chi connectivity index (χ1) is 14.8. The Balaban J connectivity index is 1.55. The molecule has 0 aliphatic carbocycles. The van der Waals surface area contributed by atoms with Gasteiger partial charge in [0.1, 0.15) is 0 Å². The van der Waals surface area contributed by atoms with Crippen molar-refractivity contribution in [2.75, 3.05) is 5.32 Å². The summed E-state index contributed by atoms with van der Waals surface area (Å²) in [6.07, 6.45) is 4.26. The lowest BCUT2D eigenvalue weighted by molar-refractivity contribution is -0.116. The quantitative estimate of drug-likeness (QED) is 0.431. The van der Waals surface area contributed by atoms with E-state index in [-0.39, 0.29) is 17.4 Å². The van der Waals surface area contributed by atoms with Crippen LogP contribution in [-0.2, 0) is 10.2 Å². The third-order valence-corrected chi connectivity index (χ3v) is 6.23. The number of hydrogen-bond donors (Lipinski definition) is 1. The number of amides is 1. The molecule has 0 bridgehead atoms. The van der Waals surface area contributed by atoms with E-state index in [0.29, 0.717) is 17.1 Å². The molecule has 2 aromatic heterocycles. The van der Waals surface area contributed by atoms with Crippen LogP contribution in [0.1, 0.15) is 49.9 Å². The van der Waals surface area contributed by atoms with Crippen LogP contribution in [0, 0.1) is 11.3 Å². The second-order valence-electron chi connectivity index (χ2n) is 8.58. The molecule has 4 aromatic rings. The topological polar surface area (TPSA) is 70.7 Å². The van der Waals surface area contributed by atoms with E-state index in [0.717, 1.165) is 15.8 Å². The fraction of sp³-hybridized carbons (Fsp3) is 0.240. The number of hydrogen-bond acceptors (Lipinski definition) is 4. The summed E-state index contributed by atoms with van der Waals surface area (Å²) in [6.45, 7) is 6.57. The molecule has 2 aromatic carbocycles. The summed E-state index contributed by atoms with van der Waals surface area (Å²) in [5.74, 6) is -0.0989. The standard InChI is InChI=1S/C25H24N4OS/c1-25(2,3)19-9-7-18(8-10-19)21(29-12-4-5-13-29)15-23(30)28-24-27-20-11-6-17(16-26)14-22(20)31-24/h4-14,21H,15H2,1-3H3,(H,27,28,30). The molecule has 0 spiro atoms. The van der Waals surface area contributed by atoms with E-state index in [1.54, 1.807) is 18.2 Å². The molecule has 4 rings (SSSR count). The maximum Gasteiger partial charge on any atom is 0.228 e. The summed E-state index contributed by atoms with van der Waals surface area (Å²) in [5.41, 5.74) is 3.79. The van der Waals surface area contributed by atoms with E-state index in [9.17, 15) is 4.79 Å². The van der Waals surface area contributed by atoms with Crippen molar-refractivity contribution < 1.29 is 4.79 Å². The molecule has 5 nitrogen and oxygen atoms in total. The summed E-state index contributed by atoms with van der Waals surface area (Å²) in [4.78, 5) is 17.4. The van der Waals surface area contributed by atoms with Crippen LogP contribution in [0.25, 0.3) is 10.2 Å². The van der Waals surface area contributed by atoms with Crippen LogP contribution in [-0.4, -0.2) is 15.5 Å². The second kappa shape index (κ2) is 8.37. The van der Waals surface area contributed by atoms with E-state index in [1.165, 1.54) is 16.9 Å². The SMILES string of the molecule is CC(C)(C)c1ccc(C(CC(=O)Nc2nc3ccc(C#N)cc3s2)n2cccc2)cc1. The van der Waals surface area contributed by atoms with Crippen LogP contribution in [0.5, 0.6) is 0 Å². The molecule has 0 saturated carbocycles. The Morgan fingerprint density at radius 3 is 2.52 bits per heavy atom. The molecule has 1 atom stereocenters. The van der Waals surface area contributed by atoms with Gasteiger partial charge in [0.25, 0.3) is 0 Å². The lowest BCUT2D eigenvalue weighted by Gasteiger charge is -2.22. The van der Waals surface area contributed by atoms with Crippen LogP contribution in [0.2, 0.25) is 0 Å². The Morgan fingerprint density at radius 1 is 1.16 bits per heavy atom. The first-order valence-electron chi connectivity index (χ1n) is 10.2. The predicted octanol–water partition coefficient (Wildman–Crippen LogP) is 5.89. The molecule has 1 amide bonds. The minimum atomic E-state index is -0.108. The van der Waals surface area contributed by atoms with Gasteiger partial charge in [0.05, 0.1) is 34.3 Å². The van der Waals surface area contributed by atoms with E-state index in [4.69, 9.17) is 5.26 Å². The highest BCUT2D eigenvalue weighted by Crippen LogP contribution is 2.29. The van der Waals surface area contributed by atoms with E-state index in [2.05, 4.69) is 66.0 Å². The molecule has 31 heavy (non-hydrogen) atoms. The van der Waals surface area contributed by atoms with Gasteiger partial charge < -0.3 is 9.88 Å². The number of rotatable bonds is 5. The highest BCUT2D eigenvalue weighted by molar-refractivity contribution is 7.22. The van der Waals surface area contributed by atoms with Crippen molar-refractivity contribution in [1.29, 1.82) is 5.26 Å². The summed E-state index contributed by atoms with van der Waals surface area (Å²) < 4.78 is 2.94. The number of anilines is 1. The maximum atomic E-state index is 12.9. The van der Waals surface area contributed by atoms with Crippen molar-refractivity contribution in [3.05, 3.63) is 83.7 Å². The molecule has 0 fully saturated rings. The van der Waals surface area contributed by atoms with Gasteiger partial charge in [-0.05, 0) is 46.9 Å². The monoisotopic (exact) mass is 428 g/mol. The summed E-state index contributed by atoms with van der Waals surface area (Å²) in [7, 11) is 0. The zero-order valence-corrected chi connectivity index (χ0v) is 18.6. The average Bonchev–Trinajstić information content (AvgIpc) is 3.40. The van der Waals surface area contributed by atoms with Crippen LogP contribution >= 0.6 is 11.3 Å². The molecule has 1 N–H and O–H groups in total. The predicted molar refractivity (Wildman–Crippen MR) is 125 cm³/mol. The van der Waals surface area contributed by atoms with E-state index < -0.39 is 0 Å². The highest BCUT2D eigenvalue weighted by Gasteiger charge is 2.20. The molecule has 0 aliphatic heterocycles. The van der Waals surface area contributed by atoms with Gasteiger partial charge in [-0.3, -0.25) is 4.79 Å². The zero-order valence-electron chi connectivity index (χ0n) is 17.8. The van der Waals surface area contributed by atoms with Gasteiger partial charge in [-0.15, -0.1) is 0 Å². The molecule has 1 unspecified atom stereocenters. The van der Waals surface area contributed by atoms with Crippen molar-refractivity contribution in [1.82, 2.24) is 9.55 Å². The Bertz CT molecular complexity index is 1240. The van der Waals surface area contributed by atoms with Crippen molar-refractivity contribution in [3.8, 4) is 6.07 Å². The summed E-state index contributed by atoms with van der Waals surface area (Å²) in [6, 6.07) is 19.8. The largest absolute Gasteiger partial charge is 0.346 e. The van der Waals surface area contributed by atoms with Crippen molar-refractivity contribution in [2.45, 2.75) is 38.6 Å². The number of nitrogens with zero attached hydrogens (tertiary/aromatic N) is 3. The smallest absolute Gasteiger partial charge is 0.228 e. The summed E-state index contributed by atoms with van der Waals surface area (Å²) >= 11 is 1.38. The lowest BCUT2D eigenvalue weighted by atomic mass is 9.86. The van der Waals surface area contributed by atoms with Crippen molar-refractivity contribution in [2.24, 2.45) is 0 Å². The van der Waals surface area contributed by atoms with Gasteiger partial charge in [-0.1, -0.05) is 56.4 Å². The molecular formula is C25H24N4OS. The van der Waals surface area contributed by atoms with Gasteiger partial charge in [-0.25, -0.2) is 4.98 Å². The molecule has 156 valence electrons. The summed E-state index contributed by atoms with van der Waals surface area (Å²) in [5, 5.41) is 12.6. The van der Waals surface area contributed by atoms with Gasteiger partial charge in [0.2, 0.25) is 5.91 Å². The van der Waals surface area contributed by atoms with Crippen LogP contribution < -0.4 is 5.32 Å². The highest BCUT2D eigenvalue weighted by atomic mass is 32.1. The van der Waals surface area contributed by atoms with Gasteiger partial charge in [-0.2, -0.15) is 5.26 Å². The van der Waals surface area contributed by atoms with Crippen molar-refractivity contribution in [3.63, 3.8) is 0 Å². The number of carbonyl (C=O) groups excluding carboxylic acids is 1. The fourth-order valence-electron chi connectivity index (χ4n) is 3.55. The fourth-order valence-corrected chi connectivity index (χ4v) is 4.47. The number of aromatic nitrogens is 2. The van der Waals surface area contributed by atoms with Crippen LogP contribution in [0.4, 0.5) is 5.13 Å². The second-order valence-corrected chi connectivity index (χ2v) is 9.61. The van der Waals surface area contributed by atoms with Crippen LogP contribution in [0.15, 0.2) is 67.0 Å². The molecule has 6 heteroatoms. The van der Waals surface area contributed by atoms with Crippen molar-refractivity contribution >= 4 is 32.6 Å².